The molecule has 5 heteroatoms. The van der Waals surface area contributed by atoms with Crippen molar-refractivity contribution in [3.8, 4) is 17.1 Å². The Hall–Kier alpha value is -2.04. The number of aryl methyl sites for hydroxylation is 1. The van der Waals surface area contributed by atoms with Gasteiger partial charge in [0, 0.05) is 0 Å². The summed E-state index contributed by atoms with van der Waals surface area (Å²) in [6, 6.07) is 5.05. The fourth-order valence-electron chi connectivity index (χ4n) is 3.44. The average Bonchev–Trinajstić information content (AvgIpc) is 2.73. The molecule has 0 amide bonds. The zero-order valence-electron chi connectivity index (χ0n) is 18.5. The molecule has 30 heavy (non-hydrogen) atoms. The van der Waals surface area contributed by atoms with Crippen LogP contribution in [0, 0.1) is 5.82 Å². The van der Waals surface area contributed by atoms with E-state index in [0.29, 0.717) is 43.0 Å². The van der Waals surface area contributed by atoms with Gasteiger partial charge in [-0.1, -0.05) is 57.9 Å². The minimum absolute atomic E-state index is 0.343. The molecule has 1 unspecified atom stereocenters. The molecular formula is C25H36F2N2O. The Labute approximate surface area is 180 Å². The molecule has 0 N–H and O–H groups in total. The van der Waals surface area contributed by atoms with Crippen LogP contribution in [-0.4, -0.2) is 22.7 Å². The molecule has 1 aromatic carbocycles. The Balaban J connectivity index is 1.73. The van der Waals surface area contributed by atoms with Crippen LogP contribution in [0.5, 0.6) is 5.75 Å². The standard InChI is InChI=1S/C25H36F2N2O/c1-3-4-5-6-7-8-9-10-16-30-22-18-28-25(29-19-22)23-15-14-21(17-24(23)27)13-11-12-20(2)26/h14-15,17-20H,3-13,16H2,1-2H3. The Morgan fingerprint density at radius 1 is 0.933 bits per heavy atom. The molecular weight excluding hydrogens is 382 g/mol. The smallest absolute Gasteiger partial charge is 0.162 e. The summed E-state index contributed by atoms with van der Waals surface area (Å²) in [6.45, 7) is 4.43. The highest BCUT2D eigenvalue weighted by Gasteiger charge is 2.10. The molecule has 0 fully saturated rings. The molecule has 2 aromatic rings. The molecule has 1 aromatic heterocycles. The molecule has 1 atom stereocenters. The Morgan fingerprint density at radius 2 is 1.60 bits per heavy atom. The van der Waals surface area contributed by atoms with Crippen LogP contribution in [0.25, 0.3) is 11.4 Å². The van der Waals surface area contributed by atoms with Gasteiger partial charge in [0.15, 0.2) is 11.6 Å². The SMILES string of the molecule is CCCCCCCCCCOc1cnc(-c2ccc(CCCC(C)F)cc2F)nc1. The number of hydrogen-bond donors (Lipinski definition) is 0. The third kappa shape index (κ3) is 9.19. The second-order valence-electron chi connectivity index (χ2n) is 8.05. The van der Waals surface area contributed by atoms with Gasteiger partial charge in [0.25, 0.3) is 0 Å². The van der Waals surface area contributed by atoms with Gasteiger partial charge in [-0.2, -0.15) is 0 Å². The van der Waals surface area contributed by atoms with Crippen molar-refractivity contribution in [3.05, 3.63) is 42.0 Å². The highest BCUT2D eigenvalue weighted by molar-refractivity contribution is 5.56. The highest BCUT2D eigenvalue weighted by atomic mass is 19.1. The topological polar surface area (TPSA) is 35.0 Å². The van der Waals surface area contributed by atoms with Crippen LogP contribution in [0.15, 0.2) is 30.6 Å². The number of unbranched alkanes of at least 4 members (excludes halogenated alkanes) is 7. The lowest BCUT2D eigenvalue weighted by Gasteiger charge is -2.08. The molecule has 0 saturated heterocycles. The number of halogens is 2. The summed E-state index contributed by atoms with van der Waals surface area (Å²) in [6.07, 6.45) is 14.3. The first-order valence-electron chi connectivity index (χ1n) is 11.5. The van der Waals surface area contributed by atoms with Crippen molar-refractivity contribution in [1.29, 1.82) is 0 Å². The van der Waals surface area contributed by atoms with Crippen molar-refractivity contribution in [2.24, 2.45) is 0 Å². The Kier molecular flexibility index (Phi) is 11.3. The average molecular weight is 419 g/mol. The van der Waals surface area contributed by atoms with Crippen molar-refractivity contribution in [2.45, 2.75) is 90.6 Å². The largest absolute Gasteiger partial charge is 0.490 e. The molecule has 0 aliphatic carbocycles. The molecule has 166 valence electrons. The lowest BCUT2D eigenvalue weighted by atomic mass is 10.0. The van der Waals surface area contributed by atoms with E-state index in [-0.39, 0.29) is 5.82 Å². The number of aromatic nitrogens is 2. The van der Waals surface area contributed by atoms with Crippen molar-refractivity contribution in [1.82, 2.24) is 9.97 Å². The van der Waals surface area contributed by atoms with Crippen molar-refractivity contribution in [3.63, 3.8) is 0 Å². The Morgan fingerprint density at radius 3 is 2.23 bits per heavy atom. The zero-order valence-corrected chi connectivity index (χ0v) is 18.5. The third-order valence-corrected chi connectivity index (χ3v) is 5.24. The monoisotopic (exact) mass is 418 g/mol. The number of nitrogens with zero attached hydrogens (tertiary/aromatic N) is 2. The maximum absolute atomic E-state index is 14.5. The minimum Gasteiger partial charge on any atom is -0.490 e. The lowest BCUT2D eigenvalue weighted by Crippen LogP contribution is -2.00. The third-order valence-electron chi connectivity index (χ3n) is 5.24. The van der Waals surface area contributed by atoms with E-state index >= 15 is 0 Å². The van der Waals surface area contributed by atoms with Gasteiger partial charge in [0.1, 0.15) is 5.82 Å². The fourth-order valence-corrected chi connectivity index (χ4v) is 3.44. The van der Waals surface area contributed by atoms with Gasteiger partial charge < -0.3 is 4.74 Å². The summed E-state index contributed by atoms with van der Waals surface area (Å²) >= 11 is 0. The van der Waals surface area contributed by atoms with Crippen LogP contribution in [0.2, 0.25) is 0 Å². The summed E-state index contributed by atoms with van der Waals surface area (Å²) in [5.74, 6) is 0.600. The second-order valence-corrected chi connectivity index (χ2v) is 8.05. The lowest BCUT2D eigenvalue weighted by molar-refractivity contribution is 0.302. The van der Waals surface area contributed by atoms with E-state index in [0.717, 1.165) is 12.0 Å². The van der Waals surface area contributed by atoms with Crippen LogP contribution in [0.3, 0.4) is 0 Å². The molecule has 0 aliphatic rings. The summed E-state index contributed by atoms with van der Waals surface area (Å²) in [4.78, 5) is 8.51. The molecule has 0 radical (unpaired) electrons. The molecule has 2 rings (SSSR count). The number of rotatable bonds is 15. The zero-order chi connectivity index (χ0) is 21.6. The van der Waals surface area contributed by atoms with Crippen molar-refractivity contribution < 1.29 is 13.5 Å². The predicted octanol–water partition coefficient (Wildman–Crippen LogP) is 7.48. The summed E-state index contributed by atoms with van der Waals surface area (Å²) in [5.41, 5.74) is 1.23. The van der Waals surface area contributed by atoms with Crippen molar-refractivity contribution >= 4 is 0 Å². The normalized spacial score (nSPS) is 12.1. The van der Waals surface area contributed by atoms with Crippen LogP contribution < -0.4 is 4.74 Å². The number of benzene rings is 1. The minimum atomic E-state index is -0.821. The quantitative estimate of drug-likeness (QED) is 0.281. The van der Waals surface area contributed by atoms with Gasteiger partial charge in [0.05, 0.1) is 30.7 Å². The van der Waals surface area contributed by atoms with Crippen LogP contribution in [0.4, 0.5) is 8.78 Å². The van der Waals surface area contributed by atoms with E-state index in [9.17, 15) is 8.78 Å². The molecule has 0 spiro atoms. The maximum atomic E-state index is 14.5. The van der Waals surface area contributed by atoms with Gasteiger partial charge in [-0.15, -0.1) is 0 Å². The van der Waals surface area contributed by atoms with E-state index in [4.69, 9.17) is 4.74 Å². The van der Waals surface area contributed by atoms with E-state index in [2.05, 4.69) is 16.9 Å². The van der Waals surface area contributed by atoms with E-state index in [1.807, 2.05) is 6.07 Å². The first kappa shape index (κ1) is 24.2. The van der Waals surface area contributed by atoms with E-state index in [1.165, 1.54) is 51.0 Å². The van der Waals surface area contributed by atoms with Gasteiger partial charge in [-0.25, -0.2) is 18.7 Å². The number of ether oxygens (including phenoxy) is 1. The molecule has 1 heterocycles. The predicted molar refractivity (Wildman–Crippen MR) is 119 cm³/mol. The fraction of sp³-hybridized carbons (Fsp3) is 0.600. The summed E-state index contributed by atoms with van der Waals surface area (Å²) < 4.78 is 33.0. The van der Waals surface area contributed by atoms with Gasteiger partial charge in [-0.3, -0.25) is 0 Å². The van der Waals surface area contributed by atoms with E-state index in [1.54, 1.807) is 25.4 Å². The van der Waals surface area contributed by atoms with Crippen LogP contribution in [0.1, 0.15) is 83.6 Å². The first-order chi connectivity index (χ1) is 14.6. The number of hydrogen-bond acceptors (Lipinski definition) is 3. The van der Waals surface area contributed by atoms with Gasteiger partial charge >= 0.3 is 0 Å². The number of alkyl halides is 1. The van der Waals surface area contributed by atoms with Gasteiger partial charge in [0.2, 0.25) is 0 Å². The summed E-state index contributed by atoms with van der Waals surface area (Å²) in [5, 5.41) is 0. The van der Waals surface area contributed by atoms with Crippen LogP contribution in [-0.2, 0) is 6.42 Å². The van der Waals surface area contributed by atoms with E-state index < -0.39 is 6.17 Å². The molecule has 0 aliphatic heterocycles. The molecule has 3 nitrogen and oxygen atoms in total. The second kappa shape index (κ2) is 14.1. The molecule has 0 saturated carbocycles. The van der Waals surface area contributed by atoms with Crippen molar-refractivity contribution in [2.75, 3.05) is 6.61 Å². The molecule has 0 bridgehead atoms. The maximum Gasteiger partial charge on any atom is 0.162 e. The highest BCUT2D eigenvalue weighted by Crippen LogP contribution is 2.22. The summed E-state index contributed by atoms with van der Waals surface area (Å²) in [7, 11) is 0. The first-order valence-corrected chi connectivity index (χ1v) is 11.5. The Bertz CT molecular complexity index is 720. The van der Waals surface area contributed by atoms with Gasteiger partial charge in [-0.05, 0) is 50.3 Å². The van der Waals surface area contributed by atoms with Crippen LogP contribution >= 0.6 is 0 Å².